The van der Waals surface area contributed by atoms with Crippen molar-refractivity contribution in [1.82, 2.24) is 0 Å². The first-order valence-electron chi connectivity index (χ1n) is 11.0. The third-order valence-electron chi connectivity index (χ3n) is 6.60. The van der Waals surface area contributed by atoms with Crippen LogP contribution in [0.2, 0.25) is 0 Å². The van der Waals surface area contributed by atoms with Crippen molar-refractivity contribution in [3.63, 3.8) is 0 Å². The van der Waals surface area contributed by atoms with Crippen molar-refractivity contribution in [3.05, 3.63) is 46.3 Å². The zero-order chi connectivity index (χ0) is 21.1. The molecule has 2 atom stereocenters. The second-order valence-electron chi connectivity index (χ2n) is 8.25. The van der Waals surface area contributed by atoms with Gasteiger partial charge in [-0.1, -0.05) is 41.5 Å². The minimum absolute atomic E-state index is 0.198. The van der Waals surface area contributed by atoms with Crippen molar-refractivity contribution in [2.24, 2.45) is 0 Å². The average Bonchev–Trinajstić information content (AvgIpc) is 3.36. The van der Waals surface area contributed by atoms with E-state index in [1.165, 1.54) is 0 Å². The first-order valence-corrected chi connectivity index (χ1v) is 11.0. The molecule has 0 fully saturated rings. The minimum Gasteiger partial charge on any atom is -0.465 e. The Bertz CT molecular complexity index is 744. The van der Waals surface area contributed by atoms with E-state index >= 15 is 0 Å². The minimum atomic E-state index is -0.673. The first-order chi connectivity index (χ1) is 13.2. The lowest BCUT2D eigenvalue weighted by molar-refractivity contribution is -0.131. The lowest BCUT2D eigenvalue weighted by Crippen LogP contribution is -2.46. The quantitative estimate of drug-likeness (QED) is 0.455. The summed E-state index contributed by atoms with van der Waals surface area (Å²) in [7, 11) is 0. The standard InChI is InChI=1S/C25H38O3/c1-9-17-15-19(11-3)27-21(17)24(7,13-5)23(26)25(8,14-6)22-18(10-2)16-20(12-4)28-22/h15-16H,9-14H2,1-8H3. The molecule has 0 aliphatic carbocycles. The summed E-state index contributed by atoms with van der Waals surface area (Å²) >= 11 is 0. The molecule has 2 rings (SSSR count). The number of Topliss-reactive ketones (excluding diaryl/α,β-unsaturated/α-hetero) is 1. The second-order valence-corrected chi connectivity index (χ2v) is 8.25. The Kier molecular flexibility index (Phi) is 7.01. The molecule has 0 amide bonds. The Morgan fingerprint density at radius 3 is 1.32 bits per heavy atom. The van der Waals surface area contributed by atoms with E-state index in [9.17, 15) is 4.79 Å². The predicted molar refractivity (Wildman–Crippen MR) is 115 cm³/mol. The fourth-order valence-corrected chi connectivity index (χ4v) is 4.24. The number of carbonyl (C=O) groups is 1. The molecule has 28 heavy (non-hydrogen) atoms. The van der Waals surface area contributed by atoms with E-state index in [1.807, 2.05) is 0 Å². The Morgan fingerprint density at radius 2 is 1.07 bits per heavy atom. The Balaban J connectivity index is 2.64. The van der Waals surface area contributed by atoms with Gasteiger partial charge in [0.25, 0.3) is 0 Å². The van der Waals surface area contributed by atoms with Crippen LogP contribution in [0, 0.1) is 0 Å². The van der Waals surface area contributed by atoms with Gasteiger partial charge in [-0.25, -0.2) is 0 Å². The van der Waals surface area contributed by atoms with Gasteiger partial charge in [-0.3, -0.25) is 4.79 Å². The van der Waals surface area contributed by atoms with E-state index in [4.69, 9.17) is 8.83 Å². The van der Waals surface area contributed by atoms with E-state index in [-0.39, 0.29) is 5.78 Å². The average molecular weight is 387 g/mol. The van der Waals surface area contributed by atoms with Crippen LogP contribution in [-0.4, -0.2) is 5.78 Å². The SMILES string of the molecule is CCc1cc(CC)c(C(C)(CC)C(=O)C(C)(CC)c2oc(CC)cc2CC)o1. The molecule has 0 radical (unpaired) electrons. The van der Waals surface area contributed by atoms with Crippen LogP contribution < -0.4 is 0 Å². The molecule has 0 spiro atoms. The normalized spacial score (nSPS) is 16.0. The summed E-state index contributed by atoms with van der Waals surface area (Å²) in [6.07, 6.45) is 4.81. The maximum Gasteiger partial charge on any atom is 0.159 e. The van der Waals surface area contributed by atoms with Gasteiger partial charge in [-0.05, 0) is 62.8 Å². The number of carbonyl (C=O) groups excluding carboxylic acids is 1. The van der Waals surface area contributed by atoms with Crippen molar-refractivity contribution in [2.45, 2.75) is 105 Å². The van der Waals surface area contributed by atoms with Gasteiger partial charge >= 0.3 is 0 Å². The van der Waals surface area contributed by atoms with E-state index < -0.39 is 10.8 Å². The van der Waals surface area contributed by atoms with Gasteiger partial charge in [-0.15, -0.1) is 0 Å². The van der Waals surface area contributed by atoms with Crippen LogP contribution in [0.15, 0.2) is 21.0 Å². The van der Waals surface area contributed by atoms with Crippen LogP contribution in [0.3, 0.4) is 0 Å². The van der Waals surface area contributed by atoms with Crippen molar-refractivity contribution < 1.29 is 13.6 Å². The van der Waals surface area contributed by atoms with Crippen LogP contribution in [0.4, 0.5) is 0 Å². The molecular weight excluding hydrogens is 348 g/mol. The molecule has 2 heterocycles. The second kappa shape index (κ2) is 8.71. The Morgan fingerprint density at radius 1 is 0.714 bits per heavy atom. The summed E-state index contributed by atoms with van der Waals surface area (Å²) in [6.45, 7) is 16.7. The molecule has 0 saturated heterocycles. The molecule has 2 aromatic heterocycles. The van der Waals surface area contributed by atoms with Crippen LogP contribution in [0.25, 0.3) is 0 Å². The number of rotatable bonds is 10. The monoisotopic (exact) mass is 386 g/mol. The third-order valence-corrected chi connectivity index (χ3v) is 6.60. The highest BCUT2D eigenvalue weighted by Crippen LogP contribution is 2.44. The van der Waals surface area contributed by atoms with Crippen molar-refractivity contribution in [1.29, 1.82) is 0 Å². The van der Waals surface area contributed by atoms with E-state index in [2.05, 4.69) is 67.5 Å². The van der Waals surface area contributed by atoms with Crippen LogP contribution in [0.1, 0.15) is 102 Å². The summed E-state index contributed by atoms with van der Waals surface area (Å²) in [5, 5.41) is 0. The van der Waals surface area contributed by atoms with Gasteiger partial charge in [0.2, 0.25) is 0 Å². The maximum atomic E-state index is 14.2. The number of hydrogen-bond donors (Lipinski definition) is 0. The Hall–Kier alpha value is -1.77. The van der Waals surface area contributed by atoms with E-state index in [1.54, 1.807) is 0 Å². The lowest BCUT2D eigenvalue weighted by Gasteiger charge is -2.36. The van der Waals surface area contributed by atoms with Crippen LogP contribution in [0.5, 0.6) is 0 Å². The third kappa shape index (κ3) is 3.60. The van der Waals surface area contributed by atoms with Gasteiger partial charge in [-0.2, -0.15) is 0 Å². The molecule has 0 aliphatic heterocycles. The molecule has 0 aliphatic rings. The van der Waals surface area contributed by atoms with Gasteiger partial charge in [0, 0.05) is 12.8 Å². The lowest BCUT2D eigenvalue weighted by atomic mass is 9.65. The summed E-state index contributed by atoms with van der Waals surface area (Å²) in [5.74, 6) is 3.80. The van der Waals surface area contributed by atoms with Crippen molar-refractivity contribution in [3.8, 4) is 0 Å². The van der Waals surface area contributed by atoms with Gasteiger partial charge in [0.15, 0.2) is 5.78 Å². The van der Waals surface area contributed by atoms with E-state index in [0.29, 0.717) is 12.8 Å². The molecule has 156 valence electrons. The molecule has 0 saturated carbocycles. The molecule has 3 nitrogen and oxygen atoms in total. The molecule has 2 unspecified atom stereocenters. The highest BCUT2D eigenvalue weighted by Gasteiger charge is 2.50. The number of furan rings is 2. The highest BCUT2D eigenvalue weighted by molar-refractivity contribution is 5.98. The van der Waals surface area contributed by atoms with Gasteiger partial charge in [0.05, 0.1) is 10.8 Å². The number of aryl methyl sites for hydroxylation is 4. The first kappa shape index (κ1) is 22.5. The summed E-state index contributed by atoms with van der Waals surface area (Å²) in [4.78, 5) is 14.2. The molecule has 2 aromatic rings. The van der Waals surface area contributed by atoms with Crippen LogP contribution >= 0.6 is 0 Å². The van der Waals surface area contributed by atoms with Gasteiger partial charge in [0.1, 0.15) is 23.0 Å². The largest absolute Gasteiger partial charge is 0.465 e. The van der Waals surface area contributed by atoms with Crippen molar-refractivity contribution >= 4 is 5.78 Å². The van der Waals surface area contributed by atoms with Gasteiger partial charge < -0.3 is 8.83 Å². The number of hydrogen-bond acceptors (Lipinski definition) is 3. The zero-order valence-electron chi connectivity index (χ0n) is 19.1. The zero-order valence-corrected chi connectivity index (χ0v) is 19.1. The Labute approximate surface area is 170 Å². The molecular formula is C25H38O3. The summed E-state index contributed by atoms with van der Waals surface area (Å²) < 4.78 is 12.5. The molecule has 0 aromatic carbocycles. The maximum absolute atomic E-state index is 14.2. The summed E-state index contributed by atoms with van der Waals surface area (Å²) in [5.41, 5.74) is 0.955. The molecule has 0 bridgehead atoms. The fraction of sp³-hybridized carbons (Fsp3) is 0.640. The number of ketones is 1. The smallest absolute Gasteiger partial charge is 0.159 e. The topological polar surface area (TPSA) is 43.4 Å². The highest BCUT2D eigenvalue weighted by atomic mass is 16.3. The van der Waals surface area contributed by atoms with Crippen LogP contribution in [-0.2, 0) is 41.3 Å². The summed E-state index contributed by atoms with van der Waals surface area (Å²) in [6, 6.07) is 4.25. The van der Waals surface area contributed by atoms with E-state index in [0.717, 1.165) is 59.9 Å². The molecule has 3 heteroatoms. The fourth-order valence-electron chi connectivity index (χ4n) is 4.24. The predicted octanol–water partition coefficient (Wildman–Crippen LogP) is 6.73. The van der Waals surface area contributed by atoms with Crippen molar-refractivity contribution in [2.75, 3.05) is 0 Å². The molecule has 0 N–H and O–H groups in total.